The van der Waals surface area contributed by atoms with Crippen LogP contribution in [0.3, 0.4) is 0 Å². The van der Waals surface area contributed by atoms with Crippen LogP contribution in [0, 0.1) is 0 Å². The molecule has 0 saturated carbocycles. The van der Waals surface area contributed by atoms with E-state index in [2.05, 4.69) is 21.0 Å². The third-order valence-corrected chi connectivity index (χ3v) is 3.10. The molecule has 6 heteroatoms. The Kier molecular flexibility index (Phi) is 4.57. The molecule has 0 aliphatic heterocycles. The van der Waals surface area contributed by atoms with E-state index in [1.165, 1.54) is 7.11 Å². The number of rotatable bonds is 6. The predicted molar refractivity (Wildman–Crippen MR) is 73.8 cm³/mol. The lowest BCUT2D eigenvalue weighted by molar-refractivity contribution is 0.112. The zero-order valence-corrected chi connectivity index (χ0v) is 12.0. The zero-order chi connectivity index (χ0) is 13.7. The molecule has 0 unspecified atom stereocenters. The summed E-state index contributed by atoms with van der Waals surface area (Å²) in [6.45, 7) is 1.09. The summed E-state index contributed by atoms with van der Waals surface area (Å²) in [7, 11) is 1.54. The number of carbonyl (C=O) groups excluding carboxylic acids is 1. The summed E-state index contributed by atoms with van der Waals surface area (Å²) < 4.78 is 13.4. The summed E-state index contributed by atoms with van der Waals surface area (Å²) in [5.41, 5.74) is 0.531. The van der Waals surface area contributed by atoms with Gasteiger partial charge in [-0.25, -0.2) is 0 Å². The van der Waals surface area contributed by atoms with Gasteiger partial charge >= 0.3 is 0 Å². The van der Waals surface area contributed by atoms with Gasteiger partial charge in [0, 0.05) is 18.0 Å². The van der Waals surface area contributed by atoms with E-state index in [0.29, 0.717) is 34.7 Å². The fourth-order valence-corrected chi connectivity index (χ4v) is 2.20. The molecule has 0 amide bonds. The summed E-state index contributed by atoms with van der Waals surface area (Å²) in [6.07, 6.45) is 4.35. The van der Waals surface area contributed by atoms with E-state index >= 15 is 0 Å². The van der Waals surface area contributed by atoms with Gasteiger partial charge in [-0.1, -0.05) is 0 Å². The maximum Gasteiger partial charge on any atom is 0.175 e. The molecule has 0 bridgehead atoms. The largest absolute Gasteiger partial charge is 0.493 e. The second-order valence-corrected chi connectivity index (χ2v) is 4.62. The number of carbonyl (C=O) groups is 1. The van der Waals surface area contributed by atoms with E-state index < -0.39 is 0 Å². The maximum atomic E-state index is 10.8. The topological polar surface area (TPSA) is 53.4 Å². The highest BCUT2D eigenvalue weighted by atomic mass is 79.9. The first-order valence-corrected chi connectivity index (χ1v) is 6.47. The lowest BCUT2D eigenvalue weighted by atomic mass is 10.2. The van der Waals surface area contributed by atoms with E-state index in [0.717, 1.165) is 6.29 Å². The highest BCUT2D eigenvalue weighted by Crippen LogP contribution is 2.36. The number of ether oxygens (including phenoxy) is 2. The number of nitrogens with zero attached hydrogens (tertiary/aromatic N) is 2. The monoisotopic (exact) mass is 324 g/mol. The van der Waals surface area contributed by atoms with Crippen molar-refractivity contribution in [1.82, 2.24) is 9.78 Å². The number of benzene rings is 1. The molecule has 19 heavy (non-hydrogen) atoms. The van der Waals surface area contributed by atoms with Gasteiger partial charge in [-0.3, -0.25) is 9.48 Å². The molecule has 0 radical (unpaired) electrons. The SMILES string of the molecule is COc1cc(C=O)cc(Br)c1OCCn1cccn1. The number of halogens is 1. The van der Waals surface area contributed by atoms with E-state index in [9.17, 15) is 4.79 Å². The molecule has 2 rings (SSSR count). The molecule has 0 atom stereocenters. The van der Waals surface area contributed by atoms with Crippen LogP contribution < -0.4 is 9.47 Å². The minimum absolute atomic E-state index is 0.455. The van der Waals surface area contributed by atoms with Gasteiger partial charge in [-0.15, -0.1) is 0 Å². The number of aldehydes is 1. The van der Waals surface area contributed by atoms with Crippen LogP contribution in [-0.2, 0) is 6.54 Å². The Morgan fingerprint density at radius 3 is 2.95 bits per heavy atom. The van der Waals surface area contributed by atoms with Crippen molar-refractivity contribution in [1.29, 1.82) is 0 Å². The van der Waals surface area contributed by atoms with Gasteiger partial charge in [0.25, 0.3) is 0 Å². The molecule has 0 N–H and O–H groups in total. The molecule has 0 spiro atoms. The van der Waals surface area contributed by atoms with Crippen LogP contribution in [0.25, 0.3) is 0 Å². The Bertz CT molecular complexity index is 555. The van der Waals surface area contributed by atoms with Crippen molar-refractivity contribution in [3.05, 3.63) is 40.6 Å². The van der Waals surface area contributed by atoms with Crippen LogP contribution >= 0.6 is 15.9 Å². The average molecular weight is 325 g/mol. The summed E-state index contributed by atoms with van der Waals surface area (Å²) in [6, 6.07) is 5.19. The summed E-state index contributed by atoms with van der Waals surface area (Å²) in [4.78, 5) is 10.8. The van der Waals surface area contributed by atoms with E-state index in [-0.39, 0.29) is 0 Å². The number of aromatic nitrogens is 2. The van der Waals surface area contributed by atoms with Gasteiger partial charge in [-0.2, -0.15) is 5.10 Å². The van der Waals surface area contributed by atoms with Gasteiger partial charge in [0.1, 0.15) is 12.9 Å². The molecule has 1 aromatic carbocycles. The minimum Gasteiger partial charge on any atom is -0.493 e. The zero-order valence-electron chi connectivity index (χ0n) is 10.4. The van der Waals surface area contributed by atoms with Crippen LogP contribution in [0.2, 0.25) is 0 Å². The molecule has 1 heterocycles. The first kappa shape index (κ1) is 13.6. The van der Waals surface area contributed by atoms with Crippen molar-refractivity contribution in [2.75, 3.05) is 13.7 Å². The smallest absolute Gasteiger partial charge is 0.175 e. The Morgan fingerprint density at radius 2 is 2.32 bits per heavy atom. The van der Waals surface area contributed by atoms with Crippen molar-refractivity contribution in [2.45, 2.75) is 6.54 Å². The third-order valence-electron chi connectivity index (χ3n) is 2.51. The van der Waals surface area contributed by atoms with Crippen LogP contribution in [0.1, 0.15) is 10.4 Å². The van der Waals surface area contributed by atoms with Crippen molar-refractivity contribution < 1.29 is 14.3 Å². The first-order valence-electron chi connectivity index (χ1n) is 5.67. The van der Waals surface area contributed by atoms with Crippen LogP contribution in [0.5, 0.6) is 11.5 Å². The first-order chi connectivity index (χ1) is 9.24. The van der Waals surface area contributed by atoms with E-state index in [1.54, 1.807) is 23.0 Å². The standard InChI is InChI=1S/C13H13BrN2O3/c1-18-12-8-10(9-17)7-11(14)13(12)19-6-5-16-4-2-3-15-16/h2-4,7-9H,5-6H2,1H3. The molecule has 0 saturated heterocycles. The second-order valence-electron chi connectivity index (χ2n) is 3.77. The fourth-order valence-electron chi connectivity index (χ4n) is 1.62. The lowest BCUT2D eigenvalue weighted by Gasteiger charge is -2.13. The quantitative estimate of drug-likeness (QED) is 0.766. The Morgan fingerprint density at radius 1 is 1.47 bits per heavy atom. The summed E-state index contributed by atoms with van der Waals surface area (Å²) >= 11 is 3.37. The maximum absolute atomic E-state index is 10.8. The van der Waals surface area contributed by atoms with E-state index in [4.69, 9.17) is 9.47 Å². The minimum atomic E-state index is 0.455. The van der Waals surface area contributed by atoms with Gasteiger partial charge < -0.3 is 9.47 Å². The van der Waals surface area contributed by atoms with Gasteiger partial charge in [0.2, 0.25) is 0 Å². The number of hydrogen-bond acceptors (Lipinski definition) is 4. The second kappa shape index (κ2) is 6.38. The molecule has 5 nitrogen and oxygen atoms in total. The molecule has 100 valence electrons. The van der Waals surface area contributed by atoms with E-state index in [1.807, 2.05) is 12.3 Å². The highest BCUT2D eigenvalue weighted by Gasteiger charge is 2.11. The highest BCUT2D eigenvalue weighted by molar-refractivity contribution is 9.10. The predicted octanol–water partition coefficient (Wildman–Crippen LogP) is 2.55. The number of methoxy groups -OCH3 is 1. The normalized spacial score (nSPS) is 10.2. The van der Waals surface area contributed by atoms with Crippen LogP contribution in [0.15, 0.2) is 35.1 Å². The molecule has 2 aromatic rings. The third kappa shape index (κ3) is 3.35. The molecule has 0 aliphatic rings. The Labute approximate surface area is 119 Å². The lowest BCUT2D eigenvalue weighted by Crippen LogP contribution is -2.09. The Balaban J connectivity index is 2.08. The van der Waals surface area contributed by atoms with Crippen LogP contribution in [0.4, 0.5) is 0 Å². The van der Waals surface area contributed by atoms with Gasteiger partial charge in [0.15, 0.2) is 11.5 Å². The summed E-state index contributed by atoms with van der Waals surface area (Å²) in [5, 5.41) is 4.09. The molecule has 0 aliphatic carbocycles. The average Bonchev–Trinajstić information content (AvgIpc) is 2.93. The fraction of sp³-hybridized carbons (Fsp3) is 0.231. The van der Waals surface area contributed by atoms with Gasteiger partial charge in [0.05, 0.1) is 18.1 Å². The Hall–Kier alpha value is -1.82. The summed E-state index contributed by atoms with van der Waals surface area (Å²) in [5.74, 6) is 1.11. The number of hydrogen-bond donors (Lipinski definition) is 0. The molecule has 1 aromatic heterocycles. The van der Waals surface area contributed by atoms with Crippen molar-refractivity contribution in [2.24, 2.45) is 0 Å². The van der Waals surface area contributed by atoms with Gasteiger partial charge in [-0.05, 0) is 34.1 Å². The van der Waals surface area contributed by atoms with Crippen molar-refractivity contribution >= 4 is 22.2 Å². The van der Waals surface area contributed by atoms with Crippen molar-refractivity contribution in [3.8, 4) is 11.5 Å². The molecular formula is C13H13BrN2O3. The van der Waals surface area contributed by atoms with Crippen molar-refractivity contribution in [3.63, 3.8) is 0 Å². The molecular weight excluding hydrogens is 312 g/mol. The van der Waals surface area contributed by atoms with Crippen LogP contribution in [-0.4, -0.2) is 29.8 Å². The molecule has 0 fully saturated rings.